The van der Waals surface area contributed by atoms with E-state index in [0.29, 0.717) is 0 Å². The van der Waals surface area contributed by atoms with Crippen LogP contribution in [0.15, 0.2) is 36.4 Å². The highest BCUT2D eigenvalue weighted by molar-refractivity contribution is 5.81. The zero-order valence-electron chi connectivity index (χ0n) is 18.2. The third kappa shape index (κ3) is 5.10. The van der Waals surface area contributed by atoms with Crippen LogP contribution in [0.3, 0.4) is 0 Å². The quantitative estimate of drug-likeness (QED) is 0.498. The highest BCUT2D eigenvalue weighted by Gasteiger charge is 2.16. The molecule has 0 aliphatic rings. The van der Waals surface area contributed by atoms with Crippen molar-refractivity contribution in [3.8, 4) is 0 Å². The molecular weight excluding hydrogens is 312 g/mol. The molecule has 0 heterocycles. The zero-order valence-corrected chi connectivity index (χ0v) is 18.2. The number of rotatable bonds is 3. The molecule has 0 bridgehead atoms. The van der Waals surface area contributed by atoms with Gasteiger partial charge < -0.3 is 0 Å². The van der Waals surface area contributed by atoms with Gasteiger partial charge >= 0.3 is 0 Å². The van der Waals surface area contributed by atoms with E-state index in [9.17, 15) is 0 Å². The molecule has 0 unspecified atom stereocenters. The van der Waals surface area contributed by atoms with Crippen LogP contribution < -0.4 is 0 Å². The van der Waals surface area contributed by atoms with Crippen molar-refractivity contribution in [2.24, 2.45) is 0 Å². The van der Waals surface area contributed by atoms with Gasteiger partial charge in [0.25, 0.3) is 0 Å². The van der Waals surface area contributed by atoms with Crippen molar-refractivity contribution in [3.63, 3.8) is 0 Å². The average molecular weight is 349 g/mol. The number of hydrogen-bond acceptors (Lipinski definition) is 0. The van der Waals surface area contributed by atoms with Crippen molar-refractivity contribution >= 4 is 11.6 Å². The molecular formula is C26H36. The van der Waals surface area contributed by atoms with Gasteiger partial charge in [-0.1, -0.05) is 96.5 Å². The molecule has 0 heteroatoms. The maximum absolute atomic E-state index is 2.37. The van der Waals surface area contributed by atoms with E-state index >= 15 is 0 Å². The van der Waals surface area contributed by atoms with Crippen molar-refractivity contribution < 1.29 is 0 Å². The topological polar surface area (TPSA) is 0 Å². The number of allylic oxidation sites excluding steroid dienone is 1. The van der Waals surface area contributed by atoms with E-state index in [1.54, 1.807) is 0 Å². The maximum atomic E-state index is 2.37. The molecule has 0 saturated heterocycles. The molecule has 2 aromatic carbocycles. The van der Waals surface area contributed by atoms with Crippen LogP contribution in [-0.4, -0.2) is 0 Å². The summed E-state index contributed by atoms with van der Waals surface area (Å²) in [7, 11) is 0. The molecule has 0 nitrogen and oxygen atoms in total. The fourth-order valence-electron chi connectivity index (χ4n) is 3.22. The zero-order chi connectivity index (χ0) is 19.7. The largest absolute Gasteiger partial charge is 0.0613 e. The van der Waals surface area contributed by atoms with Crippen LogP contribution in [0.4, 0.5) is 0 Å². The van der Waals surface area contributed by atoms with Crippen molar-refractivity contribution in [1.29, 1.82) is 0 Å². The molecule has 0 fully saturated rings. The van der Waals surface area contributed by atoms with Crippen LogP contribution in [0.2, 0.25) is 0 Å². The molecule has 0 amide bonds. The first-order chi connectivity index (χ1) is 11.9. The first-order valence-corrected chi connectivity index (χ1v) is 9.85. The Labute approximate surface area is 161 Å². The third-order valence-corrected chi connectivity index (χ3v) is 5.07. The highest BCUT2D eigenvalue weighted by atomic mass is 14.2. The van der Waals surface area contributed by atoms with E-state index in [-0.39, 0.29) is 10.8 Å². The monoisotopic (exact) mass is 348 g/mol. The minimum absolute atomic E-state index is 0.170. The summed E-state index contributed by atoms with van der Waals surface area (Å²) >= 11 is 0. The predicted octanol–water partition coefficient (Wildman–Crippen LogP) is 7.71. The lowest BCUT2D eigenvalue weighted by Gasteiger charge is -2.22. The lowest BCUT2D eigenvalue weighted by molar-refractivity contribution is 0.589. The van der Waals surface area contributed by atoms with Gasteiger partial charge in [-0.25, -0.2) is 0 Å². The average Bonchev–Trinajstić information content (AvgIpc) is 2.52. The number of hydrogen-bond donors (Lipinski definition) is 0. The van der Waals surface area contributed by atoms with Crippen molar-refractivity contribution in [2.45, 2.75) is 79.6 Å². The van der Waals surface area contributed by atoms with Gasteiger partial charge in [-0.15, -0.1) is 0 Å². The third-order valence-electron chi connectivity index (χ3n) is 5.07. The van der Waals surface area contributed by atoms with E-state index < -0.39 is 0 Å². The van der Waals surface area contributed by atoms with Gasteiger partial charge in [-0.3, -0.25) is 0 Å². The van der Waals surface area contributed by atoms with Gasteiger partial charge in [0, 0.05) is 0 Å². The summed E-state index contributed by atoms with van der Waals surface area (Å²) in [5, 5.41) is 0. The fourth-order valence-corrected chi connectivity index (χ4v) is 3.22. The van der Waals surface area contributed by atoms with Gasteiger partial charge in [0.05, 0.1) is 0 Å². The maximum Gasteiger partial charge on any atom is -0.0132 e. The van der Waals surface area contributed by atoms with Crippen molar-refractivity contribution in [3.05, 3.63) is 69.8 Å². The molecule has 0 radical (unpaired) electrons. The van der Waals surface area contributed by atoms with Gasteiger partial charge in [-0.05, 0) is 64.5 Å². The Morgan fingerprint density at radius 1 is 0.808 bits per heavy atom. The first-order valence-electron chi connectivity index (χ1n) is 9.85. The molecule has 2 aromatic rings. The minimum atomic E-state index is 0.170. The fraction of sp³-hybridized carbons (Fsp3) is 0.462. The Balaban J connectivity index is 2.52. The van der Waals surface area contributed by atoms with Gasteiger partial charge in [0.2, 0.25) is 0 Å². The van der Waals surface area contributed by atoms with Crippen molar-refractivity contribution in [2.75, 3.05) is 0 Å². The van der Waals surface area contributed by atoms with E-state index in [1.807, 2.05) is 0 Å². The summed E-state index contributed by atoms with van der Waals surface area (Å²) in [4.78, 5) is 0. The standard InChI is InChI=1S/C26H36/c1-10-20-14-22(17-24(15-20)26(7,8)9)19(3)13-21-11-18(2)12-23(16-21)25(4,5)6/h11-17H,10H2,1-9H3/b19-13+. The number of benzene rings is 2. The molecule has 140 valence electrons. The summed E-state index contributed by atoms with van der Waals surface area (Å²) in [6, 6.07) is 14.0. The Morgan fingerprint density at radius 2 is 1.38 bits per heavy atom. The van der Waals surface area contributed by atoms with Crippen LogP contribution in [0.25, 0.3) is 11.6 Å². The summed E-state index contributed by atoms with van der Waals surface area (Å²) < 4.78 is 0. The molecule has 0 saturated carbocycles. The number of aryl methyl sites for hydroxylation is 2. The van der Waals surface area contributed by atoms with Crippen LogP contribution in [0, 0.1) is 6.92 Å². The molecule has 0 aliphatic heterocycles. The Morgan fingerprint density at radius 3 is 1.92 bits per heavy atom. The van der Waals surface area contributed by atoms with Gasteiger partial charge in [0.15, 0.2) is 0 Å². The Hall–Kier alpha value is -1.82. The second-order valence-electron chi connectivity index (χ2n) is 9.73. The smallest absolute Gasteiger partial charge is 0.0132 e. The second-order valence-corrected chi connectivity index (χ2v) is 9.73. The van der Waals surface area contributed by atoms with Crippen LogP contribution in [0.5, 0.6) is 0 Å². The van der Waals surface area contributed by atoms with Gasteiger partial charge in [-0.2, -0.15) is 0 Å². The van der Waals surface area contributed by atoms with Crippen molar-refractivity contribution in [1.82, 2.24) is 0 Å². The molecule has 0 atom stereocenters. The molecule has 0 N–H and O–H groups in total. The normalized spacial score (nSPS) is 13.2. The molecule has 0 aliphatic carbocycles. The predicted molar refractivity (Wildman–Crippen MR) is 118 cm³/mol. The summed E-state index contributed by atoms with van der Waals surface area (Å²) in [5.41, 5.74) is 9.87. The SMILES string of the molecule is CCc1cc(/C(C)=C/c2cc(C)cc(C(C)(C)C)c2)cc(C(C)(C)C)c1. The lowest BCUT2D eigenvalue weighted by Crippen LogP contribution is -2.12. The molecule has 26 heavy (non-hydrogen) atoms. The van der Waals surface area contributed by atoms with Crippen LogP contribution in [0.1, 0.15) is 88.8 Å². The summed E-state index contributed by atoms with van der Waals surface area (Å²) in [6.45, 7) is 20.4. The molecule has 0 spiro atoms. The second kappa shape index (κ2) is 7.43. The lowest BCUT2D eigenvalue weighted by atomic mass is 9.83. The summed E-state index contributed by atoms with van der Waals surface area (Å²) in [6.07, 6.45) is 3.41. The van der Waals surface area contributed by atoms with E-state index in [2.05, 4.69) is 105 Å². The first kappa shape index (κ1) is 20.5. The Bertz CT molecular complexity index is 805. The molecule has 0 aromatic heterocycles. The summed E-state index contributed by atoms with van der Waals surface area (Å²) in [5.74, 6) is 0. The van der Waals surface area contributed by atoms with Crippen LogP contribution in [-0.2, 0) is 17.3 Å². The van der Waals surface area contributed by atoms with Gasteiger partial charge in [0.1, 0.15) is 0 Å². The van der Waals surface area contributed by atoms with E-state index in [4.69, 9.17) is 0 Å². The Kier molecular flexibility index (Phi) is 5.85. The minimum Gasteiger partial charge on any atom is -0.0613 e. The van der Waals surface area contributed by atoms with E-state index in [1.165, 1.54) is 39.0 Å². The highest BCUT2D eigenvalue weighted by Crippen LogP contribution is 2.30. The van der Waals surface area contributed by atoms with E-state index in [0.717, 1.165) is 6.42 Å². The van der Waals surface area contributed by atoms with Crippen LogP contribution >= 0.6 is 0 Å². The molecule has 2 rings (SSSR count).